The number of benzene rings is 1. The van der Waals surface area contributed by atoms with Crippen LogP contribution in [0.4, 0.5) is 4.39 Å². The van der Waals surface area contributed by atoms with Crippen LogP contribution in [0.25, 0.3) is 0 Å². The Bertz CT molecular complexity index is 527. The van der Waals surface area contributed by atoms with E-state index in [2.05, 4.69) is 4.72 Å². The highest BCUT2D eigenvalue weighted by molar-refractivity contribution is 7.89. The van der Waals surface area contributed by atoms with Crippen molar-refractivity contribution in [2.45, 2.75) is 38.0 Å². The lowest BCUT2D eigenvalue weighted by Crippen LogP contribution is -2.26. The molecule has 100 valence electrons. The Balaban J connectivity index is 2.17. The Kier molecular flexibility index (Phi) is 3.73. The summed E-state index contributed by atoms with van der Waals surface area (Å²) >= 11 is 0. The zero-order chi connectivity index (χ0) is 13.3. The first-order chi connectivity index (χ1) is 8.40. The molecule has 0 aliphatic heterocycles. The van der Waals surface area contributed by atoms with E-state index in [0.29, 0.717) is 23.6 Å². The molecule has 1 N–H and O–H groups in total. The van der Waals surface area contributed by atoms with Gasteiger partial charge in [0.2, 0.25) is 10.0 Å². The average Bonchev–Trinajstić information content (AvgIpc) is 2.98. The van der Waals surface area contributed by atoms with E-state index in [1.807, 2.05) is 0 Å². The van der Waals surface area contributed by atoms with Crippen molar-refractivity contribution in [1.82, 2.24) is 4.72 Å². The number of aryl methyl sites for hydroxylation is 2. The second-order valence-electron chi connectivity index (χ2n) is 5.00. The molecule has 2 rings (SSSR count). The molecule has 1 aromatic rings. The topological polar surface area (TPSA) is 46.2 Å². The number of halogens is 1. The molecule has 18 heavy (non-hydrogen) atoms. The van der Waals surface area contributed by atoms with Gasteiger partial charge in [0, 0.05) is 6.54 Å². The third-order valence-electron chi connectivity index (χ3n) is 3.24. The van der Waals surface area contributed by atoms with Gasteiger partial charge in [-0.2, -0.15) is 0 Å². The van der Waals surface area contributed by atoms with Crippen LogP contribution in [0, 0.1) is 25.6 Å². The summed E-state index contributed by atoms with van der Waals surface area (Å²) in [6, 6.07) is 2.50. The molecular formula is C13H18FNO2S. The van der Waals surface area contributed by atoms with Crippen molar-refractivity contribution >= 4 is 10.0 Å². The summed E-state index contributed by atoms with van der Waals surface area (Å²) in [4.78, 5) is 0.208. The van der Waals surface area contributed by atoms with Crippen LogP contribution >= 0.6 is 0 Å². The molecule has 0 heterocycles. The van der Waals surface area contributed by atoms with E-state index in [1.54, 1.807) is 13.8 Å². The lowest BCUT2D eigenvalue weighted by atomic mass is 10.1. The average molecular weight is 271 g/mol. The predicted octanol–water partition coefficient (Wildman–Crippen LogP) is 2.52. The van der Waals surface area contributed by atoms with Crippen molar-refractivity contribution in [3.63, 3.8) is 0 Å². The fourth-order valence-electron chi connectivity index (χ4n) is 2.20. The van der Waals surface area contributed by atoms with Crippen LogP contribution in [0.5, 0.6) is 0 Å². The Morgan fingerprint density at radius 1 is 1.28 bits per heavy atom. The van der Waals surface area contributed by atoms with Gasteiger partial charge in [-0.3, -0.25) is 0 Å². The molecular weight excluding hydrogens is 253 g/mol. The summed E-state index contributed by atoms with van der Waals surface area (Å²) < 4.78 is 40.1. The lowest BCUT2D eigenvalue weighted by Gasteiger charge is -2.12. The first kappa shape index (κ1) is 13.5. The van der Waals surface area contributed by atoms with Gasteiger partial charge in [0.05, 0.1) is 4.90 Å². The predicted molar refractivity (Wildman–Crippen MR) is 68.4 cm³/mol. The van der Waals surface area contributed by atoms with E-state index in [9.17, 15) is 12.8 Å². The van der Waals surface area contributed by atoms with Gasteiger partial charge in [0.1, 0.15) is 5.82 Å². The van der Waals surface area contributed by atoms with Crippen molar-refractivity contribution in [2.24, 2.45) is 5.92 Å². The van der Waals surface area contributed by atoms with Crippen LogP contribution in [0.3, 0.4) is 0 Å². The molecule has 0 spiro atoms. The van der Waals surface area contributed by atoms with E-state index in [1.165, 1.54) is 25.0 Å². The van der Waals surface area contributed by atoms with Gasteiger partial charge in [-0.25, -0.2) is 17.5 Å². The molecule has 0 unspecified atom stereocenters. The molecule has 0 saturated heterocycles. The number of sulfonamides is 1. The third-order valence-corrected chi connectivity index (χ3v) is 5.00. The van der Waals surface area contributed by atoms with E-state index >= 15 is 0 Å². The molecule has 0 aromatic heterocycles. The smallest absolute Gasteiger partial charge is 0.211 e. The molecule has 0 bridgehead atoms. The summed E-state index contributed by atoms with van der Waals surface area (Å²) in [5.41, 5.74) is 0.901. The van der Waals surface area contributed by atoms with Gasteiger partial charge in [-0.15, -0.1) is 0 Å². The largest absolute Gasteiger partial charge is 0.241 e. The second kappa shape index (κ2) is 4.97. The summed E-state index contributed by atoms with van der Waals surface area (Å²) in [7, 11) is -3.52. The molecule has 0 radical (unpaired) electrons. The molecule has 1 fully saturated rings. The first-order valence-corrected chi connectivity index (χ1v) is 7.65. The quantitative estimate of drug-likeness (QED) is 0.894. The maximum atomic E-state index is 13.1. The van der Waals surface area contributed by atoms with E-state index < -0.39 is 15.8 Å². The second-order valence-corrected chi connectivity index (χ2v) is 6.70. The van der Waals surface area contributed by atoms with Crippen molar-refractivity contribution < 1.29 is 12.8 Å². The fraction of sp³-hybridized carbons (Fsp3) is 0.538. The number of hydrogen-bond acceptors (Lipinski definition) is 2. The zero-order valence-electron chi connectivity index (χ0n) is 10.7. The molecule has 0 amide bonds. The number of rotatable bonds is 5. The van der Waals surface area contributed by atoms with Crippen molar-refractivity contribution in [3.05, 3.63) is 29.1 Å². The van der Waals surface area contributed by atoms with Crippen LogP contribution in [-0.2, 0) is 10.0 Å². The van der Waals surface area contributed by atoms with Gasteiger partial charge in [-0.1, -0.05) is 12.8 Å². The molecule has 3 nitrogen and oxygen atoms in total. The van der Waals surface area contributed by atoms with Crippen molar-refractivity contribution in [3.8, 4) is 0 Å². The van der Waals surface area contributed by atoms with Crippen LogP contribution in [0.15, 0.2) is 17.0 Å². The Morgan fingerprint density at radius 2 is 1.83 bits per heavy atom. The Hall–Kier alpha value is -0.940. The molecule has 0 atom stereocenters. The first-order valence-electron chi connectivity index (χ1n) is 6.16. The Labute approximate surface area is 107 Å². The van der Waals surface area contributed by atoms with E-state index in [0.717, 1.165) is 6.42 Å². The van der Waals surface area contributed by atoms with Crippen molar-refractivity contribution in [2.75, 3.05) is 6.54 Å². The van der Waals surface area contributed by atoms with Crippen LogP contribution in [0.2, 0.25) is 0 Å². The molecule has 1 saturated carbocycles. The van der Waals surface area contributed by atoms with Crippen LogP contribution in [-0.4, -0.2) is 15.0 Å². The van der Waals surface area contributed by atoms with Gasteiger partial charge < -0.3 is 0 Å². The third kappa shape index (κ3) is 3.09. The fourth-order valence-corrected chi connectivity index (χ4v) is 3.69. The SMILES string of the molecule is Cc1cc(F)cc(C)c1S(=O)(=O)NCCC1CC1. The number of nitrogens with one attached hydrogen (secondary N) is 1. The van der Waals surface area contributed by atoms with Crippen molar-refractivity contribution in [1.29, 1.82) is 0 Å². The standard InChI is InChI=1S/C13H18FNO2S/c1-9-7-12(14)8-10(2)13(9)18(16,17)15-6-5-11-3-4-11/h7-8,11,15H,3-6H2,1-2H3. The summed E-state index contributed by atoms with van der Waals surface area (Å²) in [6.07, 6.45) is 3.30. The highest BCUT2D eigenvalue weighted by atomic mass is 32.2. The van der Waals surface area contributed by atoms with Crippen LogP contribution in [0.1, 0.15) is 30.4 Å². The highest BCUT2D eigenvalue weighted by Gasteiger charge is 2.23. The van der Waals surface area contributed by atoms with Gasteiger partial charge >= 0.3 is 0 Å². The minimum Gasteiger partial charge on any atom is -0.211 e. The maximum Gasteiger partial charge on any atom is 0.241 e. The van der Waals surface area contributed by atoms with E-state index in [-0.39, 0.29) is 4.90 Å². The van der Waals surface area contributed by atoms with Gasteiger partial charge in [0.15, 0.2) is 0 Å². The maximum absolute atomic E-state index is 13.1. The minimum atomic E-state index is -3.52. The highest BCUT2D eigenvalue weighted by Crippen LogP contribution is 2.32. The van der Waals surface area contributed by atoms with Gasteiger partial charge in [-0.05, 0) is 49.4 Å². The summed E-state index contributed by atoms with van der Waals surface area (Å²) in [5.74, 6) is 0.282. The lowest BCUT2D eigenvalue weighted by molar-refractivity contribution is 0.572. The molecule has 1 aliphatic carbocycles. The van der Waals surface area contributed by atoms with Crippen LogP contribution < -0.4 is 4.72 Å². The minimum absolute atomic E-state index is 0.208. The zero-order valence-corrected chi connectivity index (χ0v) is 11.5. The number of hydrogen-bond donors (Lipinski definition) is 1. The molecule has 1 aromatic carbocycles. The molecule has 5 heteroatoms. The van der Waals surface area contributed by atoms with Gasteiger partial charge in [0.25, 0.3) is 0 Å². The normalized spacial score (nSPS) is 15.9. The van der Waals surface area contributed by atoms with E-state index in [4.69, 9.17) is 0 Å². The Morgan fingerprint density at radius 3 is 2.33 bits per heavy atom. The monoisotopic (exact) mass is 271 g/mol. The summed E-state index contributed by atoms with van der Waals surface area (Å²) in [6.45, 7) is 3.69. The summed E-state index contributed by atoms with van der Waals surface area (Å²) in [5, 5.41) is 0. The molecule has 1 aliphatic rings.